The van der Waals surface area contributed by atoms with Crippen LogP contribution in [0.3, 0.4) is 0 Å². The van der Waals surface area contributed by atoms with Crippen molar-refractivity contribution in [1.29, 1.82) is 0 Å². The first kappa shape index (κ1) is 22.2. The fourth-order valence-electron chi connectivity index (χ4n) is 4.08. The summed E-state index contributed by atoms with van der Waals surface area (Å²) < 4.78 is 7.50. The topological polar surface area (TPSA) is 81.2 Å². The van der Waals surface area contributed by atoms with E-state index < -0.39 is 0 Å². The first-order valence-corrected chi connectivity index (χ1v) is 12.2. The van der Waals surface area contributed by atoms with Crippen LogP contribution in [0.4, 0.5) is 5.69 Å². The smallest absolute Gasteiger partial charge is 0.227 e. The highest BCUT2D eigenvalue weighted by atomic mass is 32.2. The number of carbonyl (C=O) groups excluding carboxylic acids is 2. The zero-order valence-electron chi connectivity index (χ0n) is 18.8. The number of furan rings is 1. The Morgan fingerprint density at radius 2 is 1.85 bits per heavy atom. The molecule has 0 atom stereocenters. The van der Waals surface area contributed by atoms with Crippen molar-refractivity contribution in [2.45, 2.75) is 31.5 Å². The third-order valence-corrected chi connectivity index (χ3v) is 6.87. The number of Topliss-reactive ketones (excluding diaryl/α,β-unsaturated/α-hetero) is 1. The van der Waals surface area contributed by atoms with Gasteiger partial charge in [0.15, 0.2) is 16.8 Å². The molecule has 0 saturated carbocycles. The molecule has 1 fully saturated rings. The van der Waals surface area contributed by atoms with Gasteiger partial charge in [-0.25, -0.2) is 0 Å². The monoisotopic (exact) mass is 472 g/mol. The molecule has 172 valence electrons. The predicted molar refractivity (Wildman–Crippen MR) is 131 cm³/mol. The average Bonchev–Trinajstić information content (AvgIpc) is 3.58. The lowest BCUT2D eigenvalue weighted by Crippen LogP contribution is -2.23. The highest BCUT2D eigenvalue weighted by Crippen LogP contribution is 2.29. The standard InChI is InChI=1S/C26H24N4O3S/c1-18-22(13-15-33-18)25-27-28-26(30(25)16-19-6-3-2-4-7-19)34-17-23(31)20-9-11-21(12-10-20)29-14-5-8-24(29)32/h2-4,6-7,9-13,15H,5,8,14,16-17H2,1H3. The zero-order chi connectivity index (χ0) is 23.5. The molecule has 5 rings (SSSR count). The van der Waals surface area contributed by atoms with Crippen LogP contribution in [0.15, 0.2) is 76.5 Å². The summed E-state index contributed by atoms with van der Waals surface area (Å²) in [7, 11) is 0. The number of carbonyl (C=O) groups is 2. The summed E-state index contributed by atoms with van der Waals surface area (Å²) in [5.74, 6) is 1.85. The number of aromatic nitrogens is 3. The van der Waals surface area contributed by atoms with Gasteiger partial charge in [-0.05, 0) is 49.2 Å². The molecule has 0 N–H and O–H groups in total. The molecule has 1 aliphatic heterocycles. The first-order valence-electron chi connectivity index (χ1n) is 11.2. The second-order valence-corrected chi connectivity index (χ2v) is 9.12. The van der Waals surface area contributed by atoms with E-state index in [0.29, 0.717) is 29.5 Å². The van der Waals surface area contributed by atoms with E-state index >= 15 is 0 Å². The molecule has 1 aliphatic rings. The lowest BCUT2D eigenvalue weighted by atomic mass is 10.1. The highest BCUT2D eigenvalue weighted by Gasteiger charge is 2.22. The number of thioether (sulfide) groups is 1. The molecule has 8 heteroatoms. The van der Waals surface area contributed by atoms with Crippen molar-refractivity contribution >= 4 is 29.1 Å². The molecule has 1 saturated heterocycles. The molecule has 4 aromatic rings. The molecule has 1 amide bonds. The highest BCUT2D eigenvalue weighted by molar-refractivity contribution is 7.99. The first-order chi connectivity index (χ1) is 16.6. The quantitative estimate of drug-likeness (QED) is 0.265. The molecule has 0 radical (unpaired) electrons. The van der Waals surface area contributed by atoms with Crippen molar-refractivity contribution in [3.8, 4) is 11.4 Å². The lowest BCUT2D eigenvalue weighted by molar-refractivity contribution is -0.117. The van der Waals surface area contributed by atoms with Crippen molar-refractivity contribution < 1.29 is 14.0 Å². The van der Waals surface area contributed by atoms with Crippen LogP contribution in [0, 0.1) is 6.92 Å². The Kier molecular flexibility index (Phi) is 6.31. The molecule has 0 bridgehead atoms. The van der Waals surface area contributed by atoms with Crippen LogP contribution in [0.25, 0.3) is 11.4 Å². The number of aryl methyl sites for hydroxylation is 1. The minimum Gasteiger partial charge on any atom is -0.469 e. The van der Waals surface area contributed by atoms with Crippen molar-refractivity contribution in [1.82, 2.24) is 14.8 Å². The Morgan fingerprint density at radius 3 is 2.53 bits per heavy atom. The summed E-state index contributed by atoms with van der Waals surface area (Å²) in [5, 5.41) is 9.47. The van der Waals surface area contributed by atoms with E-state index in [1.165, 1.54) is 11.8 Å². The van der Waals surface area contributed by atoms with Gasteiger partial charge in [0.25, 0.3) is 0 Å². The summed E-state index contributed by atoms with van der Waals surface area (Å²) in [6.07, 6.45) is 3.10. The van der Waals surface area contributed by atoms with Gasteiger partial charge in [0.1, 0.15) is 5.76 Å². The number of ketones is 1. The van der Waals surface area contributed by atoms with Crippen LogP contribution in [0.2, 0.25) is 0 Å². The number of hydrogen-bond donors (Lipinski definition) is 0. The normalized spacial score (nSPS) is 13.6. The van der Waals surface area contributed by atoms with Crippen LogP contribution in [0.5, 0.6) is 0 Å². The van der Waals surface area contributed by atoms with Crippen molar-refractivity contribution in [2.24, 2.45) is 0 Å². The summed E-state index contributed by atoms with van der Waals surface area (Å²) in [6, 6.07) is 19.2. The Bertz CT molecular complexity index is 1310. The summed E-state index contributed by atoms with van der Waals surface area (Å²) in [4.78, 5) is 26.6. The lowest BCUT2D eigenvalue weighted by Gasteiger charge is -2.15. The van der Waals surface area contributed by atoms with Crippen LogP contribution in [0.1, 0.15) is 34.5 Å². The van der Waals surface area contributed by atoms with E-state index in [4.69, 9.17) is 4.42 Å². The van der Waals surface area contributed by atoms with E-state index in [2.05, 4.69) is 22.3 Å². The van der Waals surface area contributed by atoms with E-state index in [1.54, 1.807) is 23.3 Å². The Balaban J connectivity index is 1.34. The SMILES string of the molecule is Cc1occc1-c1nnc(SCC(=O)c2ccc(N3CCCC3=O)cc2)n1Cc1ccccc1. The van der Waals surface area contributed by atoms with Crippen LogP contribution < -0.4 is 4.90 Å². The molecule has 0 unspecified atom stereocenters. The predicted octanol–water partition coefficient (Wildman–Crippen LogP) is 5.00. The van der Waals surface area contributed by atoms with Gasteiger partial charge in [-0.1, -0.05) is 42.1 Å². The minimum absolute atomic E-state index is 0.000369. The second-order valence-electron chi connectivity index (χ2n) is 8.18. The van der Waals surface area contributed by atoms with Crippen LogP contribution >= 0.6 is 11.8 Å². The maximum atomic E-state index is 12.9. The van der Waals surface area contributed by atoms with Gasteiger partial charge in [-0.3, -0.25) is 14.2 Å². The average molecular weight is 473 g/mol. The number of nitrogens with zero attached hydrogens (tertiary/aromatic N) is 4. The number of rotatable bonds is 8. The molecule has 0 spiro atoms. The Labute approximate surface area is 201 Å². The maximum Gasteiger partial charge on any atom is 0.227 e. The summed E-state index contributed by atoms with van der Waals surface area (Å²) in [5.41, 5.74) is 3.45. The number of anilines is 1. The van der Waals surface area contributed by atoms with E-state index in [9.17, 15) is 9.59 Å². The molecule has 7 nitrogen and oxygen atoms in total. The molecular formula is C26H24N4O3S. The Morgan fingerprint density at radius 1 is 1.06 bits per heavy atom. The summed E-state index contributed by atoms with van der Waals surface area (Å²) in [6.45, 7) is 3.22. The van der Waals surface area contributed by atoms with Crippen LogP contribution in [-0.2, 0) is 11.3 Å². The van der Waals surface area contributed by atoms with E-state index in [0.717, 1.165) is 35.5 Å². The van der Waals surface area contributed by atoms with Crippen molar-refractivity contribution in [3.05, 3.63) is 83.8 Å². The van der Waals surface area contributed by atoms with Crippen molar-refractivity contribution in [3.63, 3.8) is 0 Å². The number of benzene rings is 2. The molecular weight excluding hydrogens is 448 g/mol. The third-order valence-electron chi connectivity index (χ3n) is 5.91. The molecule has 3 heterocycles. The summed E-state index contributed by atoms with van der Waals surface area (Å²) >= 11 is 1.37. The van der Waals surface area contributed by atoms with Gasteiger partial charge in [-0.15, -0.1) is 10.2 Å². The number of hydrogen-bond acceptors (Lipinski definition) is 6. The van der Waals surface area contributed by atoms with Gasteiger partial charge in [0.05, 0.1) is 24.1 Å². The van der Waals surface area contributed by atoms with Crippen molar-refractivity contribution in [2.75, 3.05) is 17.2 Å². The number of amides is 1. The largest absolute Gasteiger partial charge is 0.469 e. The third kappa shape index (κ3) is 4.54. The maximum absolute atomic E-state index is 12.9. The molecule has 2 aromatic carbocycles. The van der Waals surface area contributed by atoms with Crippen LogP contribution in [-0.4, -0.2) is 38.8 Å². The fraction of sp³-hybridized carbons (Fsp3) is 0.231. The van der Waals surface area contributed by atoms with E-state index in [-0.39, 0.29) is 17.4 Å². The fourth-order valence-corrected chi connectivity index (χ4v) is 4.91. The van der Waals surface area contributed by atoms with Gasteiger partial charge in [0, 0.05) is 24.2 Å². The minimum atomic E-state index is -0.000369. The molecule has 0 aliphatic carbocycles. The van der Waals surface area contributed by atoms with E-state index in [1.807, 2.05) is 47.9 Å². The zero-order valence-corrected chi connectivity index (χ0v) is 19.6. The van der Waals surface area contributed by atoms with Gasteiger partial charge < -0.3 is 9.32 Å². The Hall–Kier alpha value is -3.65. The molecule has 2 aromatic heterocycles. The van der Waals surface area contributed by atoms with Gasteiger partial charge in [0.2, 0.25) is 5.91 Å². The molecule has 34 heavy (non-hydrogen) atoms. The van der Waals surface area contributed by atoms with Gasteiger partial charge >= 0.3 is 0 Å². The van der Waals surface area contributed by atoms with Gasteiger partial charge in [-0.2, -0.15) is 0 Å². The second kappa shape index (κ2) is 9.69.